The highest BCUT2D eigenvalue weighted by Gasteiger charge is 2.04. The van der Waals surface area contributed by atoms with E-state index in [-0.39, 0.29) is 0 Å². The van der Waals surface area contributed by atoms with Gasteiger partial charge in [0.05, 0.1) is 3.79 Å². The van der Waals surface area contributed by atoms with Crippen LogP contribution < -0.4 is 5.32 Å². The summed E-state index contributed by atoms with van der Waals surface area (Å²) in [7, 11) is 0. The van der Waals surface area contributed by atoms with Crippen LogP contribution in [0.3, 0.4) is 0 Å². The molecule has 2 nitrogen and oxygen atoms in total. The van der Waals surface area contributed by atoms with Gasteiger partial charge in [0.15, 0.2) is 0 Å². The summed E-state index contributed by atoms with van der Waals surface area (Å²) in [5, 5.41) is 4.58. The second-order valence-electron chi connectivity index (χ2n) is 3.51. The molecule has 92 valence electrons. The van der Waals surface area contributed by atoms with Crippen molar-refractivity contribution in [1.82, 2.24) is 10.3 Å². The van der Waals surface area contributed by atoms with Crippen LogP contribution in [0.2, 0.25) is 0 Å². The summed E-state index contributed by atoms with van der Waals surface area (Å²) in [6.07, 6.45) is 3.04. The Kier molecular flexibility index (Phi) is 5.17. The molecule has 0 unspecified atom stereocenters. The molecule has 0 spiro atoms. The molecule has 0 fully saturated rings. The van der Waals surface area contributed by atoms with Gasteiger partial charge in [-0.3, -0.25) is 0 Å². The van der Waals surface area contributed by atoms with Gasteiger partial charge in [-0.2, -0.15) is 0 Å². The molecular weight excluding hydrogens is 384 g/mol. The van der Waals surface area contributed by atoms with Crippen molar-refractivity contribution in [3.8, 4) is 0 Å². The van der Waals surface area contributed by atoms with Gasteiger partial charge < -0.3 is 5.32 Å². The Balaban J connectivity index is 1.83. The van der Waals surface area contributed by atoms with Crippen molar-refractivity contribution in [2.45, 2.75) is 26.4 Å². The minimum Gasteiger partial charge on any atom is -0.306 e. The van der Waals surface area contributed by atoms with Gasteiger partial charge in [-0.05, 0) is 44.3 Å². The fourth-order valence-corrected chi connectivity index (χ4v) is 4.34. The van der Waals surface area contributed by atoms with E-state index in [0.717, 1.165) is 32.8 Å². The van der Waals surface area contributed by atoms with Crippen LogP contribution in [0.25, 0.3) is 0 Å². The lowest BCUT2D eigenvalue weighted by atomic mass is 10.4. The molecule has 0 amide bonds. The predicted molar refractivity (Wildman–Crippen MR) is 81.8 cm³/mol. The number of aryl methyl sites for hydroxylation is 1. The number of nitrogens with zero attached hydrogens (tertiary/aromatic N) is 1. The molecular formula is C11H12Br2N2S2. The SMILES string of the molecule is CCc1cnc(CNCc2cc(Br)c(Br)s2)s1. The van der Waals surface area contributed by atoms with Crippen molar-refractivity contribution >= 4 is 54.5 Å². The first kappa shape index (κ1) is 13.7. The number of thiazole rings is 1. The standard InChI is InChI=1S/C11H12Br2N2S2/c1-2-7-5-15-10(16-7)6-14-4-8-3-9(12)11(13)17-8/h3,5,14H,2,4,6H2,1H3. The first-order chi connectivity index (χ1) is 8.19. The first-order valence-electron chi connectivity index (χ1n) is 5.27. The molecule has 0 saturated carbocycles. The average molecular weight is 396 g/mol. The second kappa shape index (κ2) is 6.43. The van der Waals surface area contributed by atoms with Gasteiger partial charge >= 0.3 is 0 Å². The third-order valence-corrected chi connectivity index (χ3v) is 6.62. The molecule has 0 aliphatic carbocycles. The zero-order valence-corrected chi connectivity index (χ0v) is 14.1. The summed E-state index contributed by atoms with van der Waals surface area (Å²) in [6.45, 7) is 3.89. The quantitative estimate of drug-likeness (QED) is 0.801. The van der Waals surface area contributed by atoms with Gasteiger partial charge in [-0.25, -0.2) is 4.98 Å². The molecule has 0 aromatic carbocycles. The Labute approximate surface area is 126 Å². The highest BCUT2D eigenvalue weighted by molar-refractivity contribution is 9.13. The normalized spacial score (nSPS) is 11.0. The van der Waals surface area contributed by atoms with E-state index in [1.165, 1.54) is 9.75 Å². The Hall–Kier alpha value is 0.250. The van der Waals surface area contributed by atoms with E-state index in [4.69, 9.17) is 0 Å². The average Bonchev–Trinajstić information content (AvgIpc) is 2.87. The lowest BCUT2D eigenvalue weighted by Crippen LogP contribution is -2.11. The van der Waals surface area contributed by atoms with Crippen LogP contribution in [0.15, 0.2) is 20.5 Å². The fraction of sp³-hybridized carbons (Fsp3) is 0.364. The molecule has 0 aliphatic heterocycles. The van der Waals surface area contributed by atoms with Crippen LogP contribution in [-0.2, 0) is 19.5 Å². The first-order valence-corrected chi connectivity index (χ1v) is 8.49. The van der Waals surface area contributed by atoms with E-state index in [9.17, 15) is 0 Å². The summed E-state index contributed by atoms with van der Waals surface area (Å²) in [6, 6.07) is 2.14. The molecule has 0 radical (unpaired) electrons. The van der Waals surface area contributed by atoms with E-state index in [0.29, 0.717) is 0 Å². The number of aromatic nitrogens is 1. The van der Waals surface area contributed by atoms with Crippen molar-refractivity contribution in [3.63, 3.8) is 0 Å². The molecule has 2 aromatic heterocycles. The molecule has 17 heavy (non-hydrogen) atoms. The van der Waals surface area contributed by atoms with Crippen LogP contribution in [0.4, 0.5) is 0 Å². The monoisotopic (exact) mass is 394 g/mol. The van der Waals surface area contributed by atoms with Gasteiger partial charge in [0, 0.05) is 33.5 Å². The molecule has 0 aliphatic rings. The smallest absolute Gasteiger partial charge is 0.107 e. The predicted octanol–water partition coefficient (Wildman–Crippen LogP) is 4.58. The van der Waals surface area contributed by atoms with Gasteiger partial charge in [0.1, 0.15) is 5.01 Å². The van der Waals surface area contributed by atoms with E-state index in [2.05, 4.69) is 55.2 Å². The summed E-state index contributed by atoms with van der Waals surface area (Å²) >= 11 is 10.5. The van der Waals surface area contributed by atoms with Gasteiger partial charge in [0.25, 0.3) is 0 Å². The second-order valence-corrected chi connectivity index (χ2v) is 8.02. The third-order valence-electron chi connectivity index (χ3n) is 2.22. The van der Waals surface area contributed by atoms with Crippen molar-refractivity contribution in [3.05, 3.63) is 35.3 Å². The summed E-state index contributed by atoms with van der Waals surface area (Å²) in [5.74, 6) is 0. The van der Waals surface area contributed by atoms with Crippen molar-refractivity contribution in [2.75, 3.05) is 0 Å². The maximum atomic E-state index is 4.38. The zero-order chi connectivity index (χ0) is 12.3. The van der Waals surface area contributed by atoms with Crippen LogP contribution >= 0.6 is 54.5 Å². The molecule has 2 aromatic rings. The molecule has 6 heteroatoms. The summed E-state index contributed by atoms with van der Waals surface area (Å²) in [5.41, 5.74) is 0. The Bertz CT molecular complexity index is 474. The largest absolute Gasteiger partial charge is 0.306 e. The number of rotatable bonds is 5. The van der Waals surface area contributed by atoms with Crippen LogP contribution in [0.5, 0.6) is 0 Å². The maximum Gasteiger partial charge on any atom is 0.107 e. The highest BCUT2D eigenvalue weighted by Crippen LogP contribution is 2.32. The number of hydrogen-bond donors (Lipinski definition) is 1. The Morgan fingerprint density at radius 1 is 1.24 bits per heavy atom. The lowest BCUT2D eigenvalue weighted by Gasteiger charge is -1.99. The van der Waals surface area contributed by atoms with Crippen LogP contribution in [0, 0.1) is 0 Å². The van der Waals surface area contributed by atoms with Gasteiger partial charge in [-0.15, -0.1) is 22.7 Å². The Morgan fingerprint density at radius 3 is 2.65 bits per heavy atom. The topological polar surface area (TPSA) is 24.9 Å². The fourth-order valence-electron chi connectivity index (χ4n) is 1.36. The van der Waals surface area contributed by atoms with E-state index < -0.39 is 0 Å². The Morgan fingerprint density at radius 2 is 2.06 bits per heavy atom. The van der Waals surface area contributed by atoms with Gasteiger partial charge in [-0.1, -0.05) is 6.92 Å². The molecule has 1 N–H and O–H groups in total. The minimum absolute atomic E-state index is 0.845. The van der Waals surface area contributed by atoms with E-state index >= 15 is 0 Å². The minimum atomic E-state index is 0.845. The van der Waals surface area contributed by atoms with Crippen molar-refractivity contribution in [2.24, 2.45) is 0 Å². The third kappa shape index (κ3) is 3.86. The number of hydrogen-bond acceptors (Lipinski definition) is 4. The molecule has 0 bridgehead atoms. The van der Waals surface area contributed by atoms with Crippen molar-refractivity contribution in [1.29, 1.82) is 0 Å². The molecule has 2 heterocycles. The van der Waals surface area contributed by atoms with E-state index in [1.54, 1.807) is 22.7 Å². The molecule has 0 saturated heterocycles. The zero-order valence-electron chi connectivity index (χ0n) is 9.30. The van der Waals surface area contributed by atoms with Crippen LogP contribution in [-0.4, -0.2) is 4.98 Å². The summed E-state index contributed by atoms with van der Waals surface area (Å²) < 4.78 is 2.28. The lowest BCUT2D eigenvalue weighted by molar-refractivity contribution is 0.697. The van der Waals surface area contributed by atoms with E-state index in [1.807, 2.05) is 6.20 Å². The summed E-state index contributed by atoms with van der Waals surface area (Å²) in [4.78, 5) is 7.05. The number of thiophene rings is 1. The number of halogens is 2. The van der Waals surface area contributed by atoms with Crippen molar-refractivity contribution < 1.29 is 0 Å². The number of nitrogens with one attached hydrogen (secondary N) is 1. The van der Waals surface area contributed by atoms with Gasteiger partial charge in [0.2, 0.25) is 0 Å². The molecule has 2 rings (SSSR count). The molecule has 0 atom stereocenters. The highest BCUT2D eigenvalue weighted by atomic mass is 79.9. The van der Waals surface area contributed by atoms with Crippen LogP contribution in [0.1, 0.15) is 21.7 Å². The maximum absolute atomic E-state index is 4.38.